The van der Waals surface area contributed by atoms with Crippen LogP contribution in [0.4, 0.5) is 0 Å². The SMILES string of the molecule is COC(=O)c1ccccc1CS(=O)(=O)N[C@H](C)[C@H](CO)SC. The first-order chi connectivity index (χ1) is 10.3. The summed E-state index contributed by atoms with van der Waals surface area (Å²) >= 11 is 1.39. The zero-order valence-electron chi connectivity index (χ0n) is 12.8. The zero-order chi connectivity index (χ0) is 16.8. The number of aliphatic hydroxyl groups is 1. The molecule has 2 N–H and O–H groups in total. The molecule has 124 valence electrons. The first-order valence-corrected chi connectivity index (χ1v) is 9.58. The highest BCUT2D eigenvalue weighted by molar-refractivity contribution is 7.99. The van der Waals surface area contributed by atoms with Crippen molar-refractivity contribution in [2.24, 2.45) is 0 Å². The maximum absolute atomic E-state index is 12.3. The monoisotopic (exact) mass is 347 g/mol. The van der Waals surface area contributed by atoms with Gasteiger partial charge in [-0.25, -0.2) is 17.9 Å². The number of rotatable bonds is 8. The summed E-state index contributed by atoms with van der Waals surface area (Å²) in [6.45, 7) is 1.57. The summed E-state index contributed by atoms with van der Waals surface area (Å²) in [6.07, 6.45) is 1.80. The minimum absolute atomic E-state index is 0.121. The van der Waals surface area contributed by atoms with Gasteiger partial charge in [0.2, 0.25) is 10.0 Å². The third-order valence-corrected chi connectivity index (χ3v) is 5.76. The molecule has 6 nitrogen and oxygen atoms in total. The standard InChI is InChI=1S/C14H21NO5S2/c1-10(13(8-16)21-3)15-22(18,19)9-11-6-4-5-7-12(11)14(17)20-2/h4-7,10,13,15-16H,8-9H2,1-3H3/t10-,13+/m1/s1. The summed E-state index contributed by atoms with van der Waals surface area (Å²) in [4.78, 5) is 11.7. The lowest BCUT2D eigenvalue weighted by molar-refractivity contribution is 0.0600. The van der Waals surface area contributed by atoms with Gasteiger partial charge in [-0.05, 0) is 24.8 Å². The van der Waals surface area contributed by atoms with Crippen molar-refractivity contribution in [3.05, 3.63) is 35.4 Å². The van der Waals surface area contributed by atoms with E-state index < -0.39 is 22.0 Å². The first-order valence-electron chi connectivity index (χ1n) is 6.64. The van der Waals surface area contributed by atoms with Gasteiger partial charge in [0.15, 0.2) is 0 Å². The number of thioether (sulfide) groups is 1. The minimum Gasteiger partial charge on any atom is -0.465 e. The molecule has 0 unspecified atom stereocenters. The highest BCUT2D eigenvalue weighted by Crippen LogP contribution is 2.16. The molecule has 0 aliphatic rings. The summed E-state index contributed by atoms with van der Waals surface area (Å²) in [6, 6.07) is 6.00. The van der Waals surface area contributed by atoms with Crippen LogP contribution < -0.4 is 4.72 Å². The van der Waals surface area contributed by atoms with Gasteiger partial charge in [0.1, 0.15) is 0 Å². The normalized spacial score (nSPS) is 14.4. The molecule has 0 radical (unpaired) electrons. The van der Waals surface area contributed by atoms with E-state index >= 15 is 0 Å². The molecule has 0 aliphatic heterocycles. The molecule has 0 saturated heterocycles. The Labute approximate surface area is 135 Å². The summed E-state index contributed by atoms with van der Waals surface area (Å²) in [5.74, 6) is -0.897. The third kappa shape index (κ3) is 5.28. The molecule has 2 atom stereocenters. The molecule has 0 heterocycles. The zero-order valence-corrected chi connectivity index (χ0v) is 14.4. The van der Waals surface area contributed by atoms with Gasteiger partial charge in [0.05, 0.1) is 25.0 Å². The average molecular weight is 347 g/mol. The van der Waals surface area contributed by atoms with Gasteiger partial charge >= 0.3 is 5.97 Å². The van der Waals surface area contributed by atoms with Gasteiger partial charge in [-0.15, -0.1) is 0 Å². The van der Waals surface area contributed by atoms with E-state index in [2.05, 4.69) is 9.46 Å². The van der Waals surface area contributed by atoms with E-state index in [-0.39, 0.29) is 23.2 Å². The number of sulfonamides is 1. The molecule has 0 bridgehead atoms. The Morgan fingerprint density at radius 1 is 1.41 bits per heavy atom. The first kappa shape index (κ1) is 19.0. The number of hydrogen-bond donors (Lipinski definition) is 2. The second-order valence-electron chi connectivity index (χ2n) is 4.77. The third-order valence-electron chi connectivity index (χ3n) is 3.17. The molecular formula is C14H21NO5S2. The Balaban J connectivity index is 2.92. The van der Waals surface area contributed by atoms with Gasteiger partial charge in [0, 0.05) is 11.3 Å². The molecule has 1 aromatic rings. The van der Waals surface area contributed by atoms with Crippen LogP contribution in [0, 0.1) is 0 Å². The largest absolute Gasteiger partial charge is 0.465 e. The van der Waals surface area contributed by atoms with E-state index in [1.54, 1.807) is 31.4 Å². The molecule has 1 aromatic carbocycles. The van der Waals surface area contributed by atoms with Gasteiger partial charge in [-0.2, -0.15) is 11.8 Å². The Hall–Kier alpha value is -1.09. The topological polar surface area (TPSA) is 92.7 Å². The maximum Gasteiger partial charge on any atom is 0.338 e. The number of nitrogens with one attached hydrogen (secondary N) is 1. The number of carbonyl (C=O) groups is 1. The molecule has 0 amide bonds. The summed E-state index contributed by atoms with van der Waals surface area (Å²) in [5, 5.41) is 8.98. The minimum atomic E-state index is -3.65. The van der Waals surface area contributed by atoms with Crippen molar-refractivity contribution >= 4 is 27.8 Å². The van der Waals surface area contributed by atoms with Crippen LogP contribution in [0.1, 0.15) is 22.8 Å². The molecule has 0 aromatic heterocycles. The van der Waals surface area contributed by atoms with Gasteiger partial charge < -0.3 is 9.84 Å². The van der Waals surface area contributed by atoms with Crippen molar-refractivity contribution in [2.45, 2.75) is 24.0 Å². The predicted molar refractivity (Wildman–Crippen MR) is 87.4 cm³/mol. The number of hydrogen-bond acceptors (Lipinski definition) is 6. The van der Waals surface area contributed by atoms with E-state index in [1.807, 2.05) is 0 Å². The molecular weight excluding hydrogens is 326 g/mol. The van der Waals surface area contributed by atoms with Crippen molar-refractivity contribution < 1.29 is 23.1 Å². The van der Waals surface area contributed by atoms with Crippen LogP contribution in [0.25, 0.3) is 0 Å². The number of carbonyl (C=O) groups excluding carboxylic acids is 1. The maximum atomic E-state index is 12.3. The molecule has 1 rings (SSSR count). The van der Waals surface area contributed by atoms with Crippen LogP contribution in [0.2, 0.25) is 0 Å². The average Bonchev–Trinajstić information content (AvgIpc) is 2.47. The number of methoxy groups -OCH3 is 1. The van der Waals surface area contributed by atoms with Crippen molar-refractivity contribution in [2.75, 3.05) is 20.0 Å². The quantitative estimate of drug-likeness (QED) is 0.682. The fraction of sp³-hybridized carbons (Fsp3) is 0.500. The molecule has 8 heteroatoms. The second kappa shape index (κ2) is 8.52. The summed E-state index contributed by atoms with van der Waals surface area (Å²) < 4.78 is 31.7. The lowest BCUT2D eigenvalue weighted by atomic mass is 10.1. The van der Waals surface area contributed by atoms with Crippen LogP contribution in [-0.2, 0) is 20.5 Å². The smallest absolute Gasteiger partial charge is 0.338 e. The number of esters is 1. The van der Waals surface area contributed by atoms with E-state index in [4.69, 9.17) is 0 Å². The molecule has 0 aliphatic carbocycles. The lowest BCUT2D eigenvalue weighted by Crippen LogP contribution is -2.41. The summed E-state index contributed by atoms with van der Waals surface area (Å²) in [7, 11) is -2.40. The Bertz CT molecular complexity index is 599. The highest BCUT2D eigenvalue weighted by Gasteiger charge is 2.23. The van der Waals surface area contributed by atoms with E-state index in [9.17, 15) is 18.3 Å². The fourth-order valence-electron chi connectivity index (χ4n) is 2.00. The molecule has 0 saturated carbocycles. The number of benzene rings is 1. The Kier molecular flexibility index (Phi) is 7.34. The second-order valence-corrected chi connectivity index (χ2v) is 7.60. The van der Waals surface area contributed by atoms with E-state index in [0.29, 0.717) is 5.56 Å². The van der Waals surface area contributed by atoms with E-state index in [1.165, 1.54) is 24.9 Å². The van der Waals surface area contributed by atoms with Crippen molar-refractivity contribution in [3.63, 3.8) is 0 Å². The molecule has 22 heavy (non-hydrogen) atoms. The molecule has 0 fully saturated rings. The van der Waals surface area contributed by atoms with E-state index in [0.717, 1.165) is 0 Å². The summed E-state index contributed by atoms with van der Waals surface area (Å²) in [5.41, 5.74) is 0.602. The van der Waals surface area contributed by atoms with Crippen LogP contribution in [0.15, 0.2) is 24.3 Å². The van der Waals surface area contributed by atoms with Crippen LogP contribution in [0.5, 0.6) is 0 Å². The lowest BCUT2D eigenvalue weighted by Gasteiger charge is -2.21. The van der Waals surface area contributed by atoms with Crippen LogP contribution in [0.3, 0.4) is 0 Å². The number of aliphatic hydroxyl groups excluding tert-OH is 1. The van der Waals surface area contributed by atoms with Crippen molar-refractivity contribution in [1.82, 2.24) is 4.72 Å². The number of ether oxygens (including phenoxy) is 1. The molecule has 0 spiro atoms. The van der Waals surface area contributed by atoms with Gasteiger partial charge in [0.25, 0.3) is 0 Å². The van der Waals surface area contributed by atoms with Crippen molar-refractivity contribution in [3.8, 4) is 0 Å². The highest BCUT2D eigenvalue weighted by atomic mass is 32.2. The van der Waals surface area contributed by atoms with Gasteiger partial charge in [-0.1, -0.05) is 18.2 Å². The fourth-order valence-corrected chi connectivity index (χ4v) is 4.18. The Morgan fingerprint density at radius 2 is 2.05 bits per heavy atom. The van der Waals surface area contributed by atoms with Crippen LogP contribution >= 0.6 is 11.8 Å². The van der Waals surface area contributed by atoms with Crippen molar-refractivity contribution in [1.29, 1.82) is 0 Å². The van der Waals surface area contributed by atoms with Gasteiger partial charge in [-0.3, -0.25) is 0 Å². The van der Waals surface area contributed by atoms with Crippen LogP contribution in [-0.4, -0.2) is 50.8 Å². The Morgan fingerprint density at radius 3 is 2.59 bits per heavy atom. The predicted octanol–water partition coefficient (Wildman–Crippen LogP) is 1.00.